The van der Waals surface area contributed by atoms with Crippen molar-refractivity contribution in [3.63, 3.8) is 0 Å². The number of fused-ring (bicyclic) bond motifs is 2. The lowest BCUT2D eigenvalue weighted by Crippen LogP contribution is -2.82. The fourth-order valence-corrected chi connectivity index (χ4v) is 13.2. The number of likely N-dealkylation sites (tertiary alicyclic amines) is 1. The van der Waals surface area contributed by atoms with Crippen LogP contribution in [0, 0.1) is 40.4 Å². The van der Waals surface area contributed by atoms with Crippen molar-refractivity contribution >= 4 is 35.9 Å². The number of halogens is 1. The van der Waals surface area contributed by atoms with Crippen LogP contribution in [0.4, 0.5) is 5.69 Å². The van der Waals surface area contributed by atoms with E-state index in [9.17, 15) is 24.6 Å². The molecule has 7 aliphatic rings. The van der Waals surface area contributed by atoms with E-state index in [1.807, 2.05) is 0 Å². The molecule has 8 rings (SSSR count). The van der Waals surface area contributed by atoms with E-state index in [1.54, 1.807) is 59.6 Å². The van der Waals surface area contributed by atoms with E-state index in [1.165, 1.54) is 0 Å². The number of para-hydroxylation sites is 1. The molecule has 50 heavy (non-hydrogen) atoms. The van der Waals surface area contributed by atoms with Gasteiger partial charge in [0.15, 0.2) is 0 Å². The maximum Gasteiger partial charge on any atom is 0.340 e. The number of aliphatic hydroxyl groups is 2. The van der Waals surface area contributed by atoms with Crippen LogP contribution in [0.1, 0.15) is 56.3 Å². The molecule has 0 aromatic heterocycles. The van der Waals surface area contributed by atoms with E-state index in [-0.39, 0.29) is 96.9 Å². The lowest BCUT2D eigenvalue weighted by Gasteiger charge is -2.70. The van der Waals surface area contributed by atoms with Crippen molar-refractivity contribution in [2.45, 2.75) is 87.6 Å². The van der Waals surface area contributed by atoms with Crippen molar-refractivity contribution in [3.05, 3.63) is 29.8 Å². The minimum Gasteiger partial charge on any atom is -0.461 e. The predicted octanol–water partition coefficient (Wildman–Crippen LogP) is 2.46. The monoisotopic (exact) mass is 718 g/mol. The molecule has 5 aliphatic carbocycles. The molecule has 7 bridgehead atoms. The first kappa shape index (κ1) is 36.2. The molecular formula is C37H51ClN2O10. The molecule has 0 radical (unpaired) electrons. The van der Waals surface area contributed by atoms with Gasteiger partial charge < -0.3 is 33.9 Å². The summed E-state index contributed by atoms with van der Waals surface area (Å²) in [6, 6.07) is 6.12. The number of anilines is 1. The van der Waals surface area contributed by atoms with Gasteiger partial charge in [-0.3, -0.25) is 14.5 Å². The number of benzene rings is 1. The molecule has 1 aromatic rings. The zero-order chi connectivity index (χ0) is 34.8. The zero-order valence-corrected chi connectivity index (χ0v) is 30.5. The molecule has 2 aliphatic heterocycles. The summed E-state index contributed by atoms with van der Waals surface area (Å²) in [5.41, 5.74) is -4.17. The number of imide groups is 1. The first-order chi connectivity index (χ1) is 23.4. The van der Waals surface area contributed by atoms with E-state index in [0.29, 0.717) is 25.9 Å². The van der Waals surface area contributed by atoms with E-state index in [2.05, 4.69) is 11.8 Å². The fourth-order valence-electron chi connectivity index (χ4n) is 13.2. The number of hydrogen-bond acceptors (Lipinski definition) is 11. The van der Waals surface area contributed by atoms with Gasteiger partial charge >= 0.3 is 5.97 Å². The second-order valence-electron chi connectivity index (χ2n) is 16.0. The quantitative estimate of drug-likeness (QED) is 0.287. The fraction of sp³-hybridized carbons (Fsp3) is 0.757. The van der Waals surface area contributed by atoms with Crippen LogP contribution in [0.25, 0.3) is 0 Å². The van der Waals surface area contributed by atoms with Crippen molar-refractivity contribution in [2.75, 3.05) is 53.0 Å². The average Bonchev–Trinajstić information content (AvgIpc) is 3.63. The van der Waals surface area contributed by atoms with Gasteiger partial charge in [0.2, 0.25) is 11.8 Å². The number of carbonyl (C=O) groups is 3. The van der Waals surface area contributed by atoms with Crippen LogP contribution >= 0.6 is 12.4 Å². The van der Waals surface area contributed by atoms with Crippen molar-refractivity contribution in [1.29, 1.82) is 0 Å². The van der Waals surface area contributed by atoms with Crippen LogP contribution in [0.5, 0.6) is 0 Å². The first-order valence-corrected chi connectivity index (χ1v) is 17.9. The van der Waals surface area contributed by atoms with Gasteiger partial charge in [0.25, 0.3) is 0 Å². The maximum atomic E-state index is 14.1. The summed E-state index contributed by atoms with van der Waals surface area (Å²) in [6.07, 6.45) is 0.813. The van der Waals surface area contributed by atoms with Gasteiger partial charge in [-0.1, -0.05) is 26.0 Å². The maximum absolute atomic E-state index is 14.1. The molecular weight excluding hydrogens is 668 g/mol. The van der Waals surface area contributed by atoms with E-state index < -0.39 is 46.1 Å². The molecule has 13 heteroatoms. The first-order valence-electron chi connectivity index (χ1n) is 17.9. The summed E-state index contributed by atoms with van der Waals surface area (Å²) in [7, 11) is 6.70. The summed E-state index contributed by atoms with van der Waals surface area (Å²) in [5, 5.41) is 26.6. The number of hydrogen-bond donors (Lipinski definition) is 2. The van der Waals surface area contributed by atoms with Gasteiger partial charge in [-0.05, 0) is 43.9 Å². The summed E-state index contributed by atoms with van der Waals surface area (Å²) in [6.45, 7) is 4.95. The highest BCUT2D eigenvalue weighted by Crippen LogP contribution is 2.80. The number of nitrogens with zero attached hydrogens (tertiary/aromatic N) is 2. The van der Waals surface area contributed by atoms with E-state index in [4.69, 9.17) is 23.7 Å². The van der Waals surface area contributed by atoms with Crippen molar-refractivity contribution in [3.8, 4) is 0 Å². The molecule has 2 amide bonds. The van der Waals surface area contributed by atoms with Crippen LogP contribution in [0.2, 0.25) is 0 Å². The Morgan fingerprint density at radius 2 is 1.78 bits per heavy atom. The Kier molecular flexibility index (Phi) is 8.83. The molecule has 2 N–H and O–H groups in total. The minimum absolute atomic E-state index is 0. The molecule has 1 unspecified atom stereocenters. The number of carbonyl (C=O) groups excluding carboxylic acids is 3. The van der Waals surface area contributed by atoms with Crippen molar-refractivity contribution in [2.24, 2.45) is 40.4 Å². The second-order valence-corrected chi connectivity index (χ2v) is 16.0. The van der Waals surface area contributed by atoms with Crippen LogP contribution in [0.15, 0.2) is 24.3 Å². The second kappa shape index (κ2) is 12.2. The highest BCUT2D eigenvalue weighted by molar-refractivity contribution is 6.22. The Morgan fingerprint density at radius 3 is 2.40 bits per heavy atom. The normalized spacial score (nSPS) is 47.0. The standard InChI is InChI=1S/C37H50N2O10.ClH/c1-7-38-17-34(18-49-32(42)20-10-8-9-11-23(20)39-26(40)14-19(2)31(39)41)13-12-25(46-4)36-22-15-21-24(45-3)16-35(43,27(22)28(21)47-5)37(44,33(36)38)30(48-6)29(34)36;/h8-11,19,21-22,24-25,27-30,33,43-44H,7,12-18H2,1-6H3;1H/t19-,21+,22+,24-,25-,27+,28-,29+,30-,33?,34-,35+,36-,37+;/m0./s1. The highest BCUT2D eigenvalue weighted by atomic mass is 35.5. The molecule has 2 saturated heterocycles. The molecule has 12 nitrogen and oxygen atoms in total. The van der Waals surface area contributed by atoms with Crippen LogP contribution in [0.3, 0.4) is 0 Å². The van der Waals surface area contributed by atoms with Gasteiger partial charge in [0, 0.05) is 82.3 Å². The summed E-state index contributed by atoms with van der Waals surface area (Å²) in [5.74, 6) is -2.47. The Hall–Kier alpha value is -2.16. The molecule has 1 spiro atoms. The highest BCUT2D eigenvalue weighted by Gasteiger charge is 2.91. The lowest BCUT2D eigenvalue weighted by atomic mass is 9.42. The largest absolute Gasteiger partial charge is 0.461 e. The van der Waals surface area contributed by atoms with Gasteiger partial charge in [-0.2, -0.15) is 0 Å². The lowest BCUT2D eigenvalue weighted by molar-refractivity contribution is -0.320. The van der Waals surface area contributed by atoms with Crippen molar-refractivity contribution < 1.29 is 48.3 Å². The van der Waals surface area contributed by atoms with Gasteiger partial charge in [-0.25, -0.2) is 9.69 Å². The Balaban J connectivity index is 0.00000392. The number of methoxy groups -OCH3 is 4. The molecule has 1 aromatic carbocycles. The molecule has 7 fully saturated rings. The predicted molar refractivity (Wildman–Crippen MR) is 182 cm³/mol. The summed E-state index contributed by atoms with van der Waals surface area (Å²) >= 11 is 0. The van der Waals surface area contributed by atoms with Crippen LogP contribution in [-0.4, -0.2) is 123 Å². The molecule has 14 atom stereocenters. The van der Waals surface area contributed by atoms with E-state index >= 15 is 0 Å². The number of amides is 2. The smallest absolute Gasteiger partial charge is 0.340 e. The summed E-state index contributed by atoms with van der Waals surface area (Å²) < 4.78 is 31.4. The Labute approximate surface area is 299 Å². The Morgan fingerprint density at radius 1 is 1.04 bits per heavy atom. The van der Waals surface area contributed by atoms with Crippen LogP contribution in [-0.2, 0) is 33.3 Å². The molecule has 5 saturated carbocycles. The van der Waals surface area contributed by atoms with Gasteiger partial charge in [0.1, 0.15) is 11.2 Å². The van der Waals surface area contributed by atoms with Gasteiger partial charge in [0.05, 0.1) is 48.3 Å². The zero-order valence-electron chi connectivity index (χ0n) is 29.7. The third-order valence-electron chi connectivity index (χ3n) is 14.5. The van der Waals surface area contributed by atoms with Crippen molar-refractivity contribution in [1.82, 2.24) is 4.90 Å². The number of esters is 1. The number of piperidine rings is 1. The SMILES string of the molecule is CCN1C[C@]2(COC(=O)c3ccccc3N3C(=O)C[C@H](C)C3=O)CC[C@H](OC)[C@]34C1[C@](O)([C@@H](OC)[C@H]23)[C@@]1(O)C[C@H](OC)[C@H]2C[C@@H]4[C@@H]1[C@H]2OC.Cl. The molecule has 276 valence electrons. The minimum atomic E-state index is -1.70. The van der Waals surface area contributed by atoms with Crippen LogP contribution < -0.4 is 4.90 Å². The third kappa shape index (κ3) is 4.11. The topological polar surface area (TPSA) is 144 Å². The number of ether oxygens (including phenoxy) is 5. The third-order valence-corrected chi connectivity index (χ3v) is 14.5. The van der Waals surface area contributed by atoms with Gasteiger partial charge in [-0.15, -0.1) is 12.4 Å². The Bertz CT molecular complexity index is 1560. The molecule has 2 heterocycles. The number of rotatable bonds is 9. The van der Waals surface area contributed by atoms with E-state index in [0.717, 1.165) is 11.3 Å². The number of likely N-dealkylation sites (N-methyl/N-ethyl adjacent to an activating group) is 1. The average molecular weight is 719 g/mol. The summed E-state index contributed by atoms with van der Waals surface area (Å²) in [4.78, 5) is 43.3.